The number of nitrogens with one attached hydrogen (secondary N) is 1. The van der Waals surface area contributed by atoms with E-state index in [1.165, 1.54) is 6.20 Å². The first-order valence-electron chi connectivity index (χ1n) is 5.42. The van der Waals surface area contributed by atoms with Crippen molar-refractivity contribution in [2.24, 2.45) is 0 Å². The van der Waals surface area contributed by atoms with Gasteiger partial charge in [-0.1, -0.05) is 15.9 Å². The number of carbonyl (C=O) groups excluding carboxylic acids is 1. The van der Waals surface area contributed by atoms with Crippen molar-refractivity contribution in [1.29, 1.82) is 0 Å². The van der Waals surface area contributed by atoms with Gasteiger partial charge < -0.3 is 14.8 Å². The minimum Gasteiger partial charge on any atom is -0.453 e. The monoisotopic (exact) mass is 321 g/mol. The van der Waals surface area contributed by atoms with E-state index in [0.717, 1.165) is 4.47 Å². The van der Waals surface area contributed by atoms with Crippen molar-refractivity contribution in [1.82, 2.24) is 10.2 Å². The van der Waals surface area contributed by atoms with E-state index in [2.05, 4.69) is 31.4 Å². The lowest BCUT2D eigenvalue weighted by Crippen LogP contribution is -2.14. The zero-order valence-corrected chi connectivity index (χ0v) is 11.2. The van der Waals surface area contributed by atoms with E-state index in [4.69, 9.17) is 9.47 Å². The van der Waals surface area contributed by atoms with Crippen LogP contribution in [0.1, 0.15) is 10.5 Å². The topological polar surface area (TPSA) is 73.3 Å². The van der Waals surface area contributed by atoms with E-state index in [1.54, 1.807) is 24.3 Å². The molecule has 2 heterocycles. The molecule has 6 nitrogen and oxygen atoms in total. The molecule has 1 aromatic carbocycles. The SMILES string of the molecule is O=C(Nc1cc(Br)cc2c1OCO2)c1cccnn1. The maximum atomic E-state index is 12.0. The highest BCUT2D eigenvalue weighted by Gasteiger charge is 2.21. The molecule has 0 bridgehead atoms. The van der Waals surface area contributed by atoms with Crippen LogP contribution in [0.2, 0.25) is 0 Å². The third kappa shape index (κ3) is 2.37. The van der Waals surface area contributed by atoms with Gasteiger partial charge in [0.15, 0.2) is 17.2 Å². The molecule has 1 N–H and O–H groups in total. The molecule has 0 aliphatic carbocycles. The minimum absolute atomic E-state index is 0.139. The molecule has 7 heteroatoms. The van der Waals surface area contributed by atoms with Crippen molar-refractivity contribution in [3.05, 3.63) is 40.6 Å². The Balaban J connectivity index is 1.90. The number of benzene rings is 1. The Kier molecular flexibility index (Phi) is 3.04. The Morgan fingerprint density at radius 3 is 3.05 bits per heavy atom. The fourth-order valence-electron chi connectivity index (χ4n) is 1.68. The zero-order valence-electron chi connectivity index (χ0n) is 9.59. The normalized spacial score (nSPS) is 12.3. The summed E-state index contributed by atoms with van der Waals surface area (Å²) in [6.45, 7) is 0.139. The number of aromatic nitrogens is 2. The fourth-order valence-corrected chi connectivity index (χ4v) is 2.12. The van der Waals surface area contributed by atoms with Crippen LogP contribution >= 0.6 is 15.9 Å². The summed E-state index contributed by atoms with van der Waals surface area (Å²) in [5.74, 6) is 0.744. The van der Waals surface area contributed by atoms with Gasteiger partial charge in [0.05, 0.1) is 5.69 Å². The first-order valence-corrected chi connectivity index (χ1v) is 6.21. The van der Waals surface area contributed by atoms with Gasteiger partial charge in [0, 0.05) is 10.7 Å². The molecule has 0 spiro atoms. The molecule has 0 saturated carbocycles. The van der Waals surface area contributed by atoms with Crippen LogP contribution in [0, 0.1) is 0 Å². The van der Waals surface area contributed by atoms with Gasteiger partial charge in [-0.25, -0.2) is 0 Å². The van der Waals surface area contributed by atoms with E-state index in [9.17, 15) is 4.79 Å². The summed E-state index contributed by atoms with van der Waals surface area (Å²) in [4.78, 5) is 12.0. The van der Waals surface area contributed by atoms with Crippen LogP contribution in [0.4, 0.5) is 5.69 Å². The second kappa shape index (κ2) is 4.85. The molecule has 2 aromatic rings. The highest BCUT2D eigenvalue weighted by atomic mass is 79.9. The van der Waals surface area contributed by atoms with Crippen LogP contribution in [0.5, 0.6) is 11.5 Å². The Hall–Kier alpha value is -2.15. The molecule has 0 atom stereocenters. The van der Waals surface area contributed by atoms with Gasteiger partial charge in [-0.3, -0.25) is 4.79 Å². The summed E-state index contributed by atoms with van der Waals surface area (Å²) < 4.78 is 11.4. The maximum Gasteiger partial charge on any atom is 0.276 e. The van der Waals surface area contributed by atoms with Crippen molar-refractivity contribution in [3.8, 4) is 11.5 Å². The van der Waals surface area contributed by atoms with Crippen molar-refractivity contribution in [2.45, 2.75) is 0 Å². The standard InChI is InChI=1S/C12H8BrN3O3/c13-7-4-9(11-10(5-7)18-6-19-11)15-12(17)8-2-1-3-14-16-8/h1-5H,6H2,(H,15,17). The molecule has 0 unspecified atom stereocenters. The van der Waals surface area contributed by atoms with Crippen molar-refractivity contribution >= 4 is 27.5 Å². The number of anilines is 1. The zero-order chi connectivity index (χ0) is 13.2. The summed E-state index contributed by atoms with van der Waals surface area (Å²) in [5.41, 5.74) is 0.757. The average Bonchev–Trinajstić information content (AvgIpc) is 2.88. The van der Waals surface area contributed by atoms with Gasteiger partial charge in [-0.2, -0.15) is 5.10 Å². The Morgan fingerprint density at radius 1 is 1.37 bits per heavy atom. The summed E-state index contributed by atoms with van der Waals surface area (Å²) in [6.07, 6.45) is 1.50. The predicted molar refractivity (Wildman–Crippen MR) is 70.3 cm³/mol. The first-order chi connectivity index (χ1) is 9.24. The molecule has 1 aliphatic heterocycles. The third-order valence-electron chi connectivity index (χ3n) is 2.49. The summed E-state index contributed by atoms with van der Waals surface area (Å²) in [7, 11) is 0. The van der Waals surface area contributed by atoms with E-state index < -0.39 is 0 Å². The lowest BCUT2D eigenvalue weighted by atomic mass is 10.2. The molecule has 3 rings (SSSR count). The number of rotatable bonds is 2. The Labute approximate surface area is 116 Å². The minimum atomic E-state index is -0.357. The smallest absolute Gasteiger partial charge is 0.276 e. The van der Waals surface area contributed by atoms with Crippen LogP contribution in [-0.4, -0.2) is 22.9 Å². The highest BCUT2D eigenvalue weighted by molar-refractivity contribution is 9.10. The number of carbonyl (C=O) groups is 1. The van der Waals surface area contributed by atoms with E-state index in [1.807, 2.05) is 0 Å². The largest absolute Gasteiger partial charge is 0.453 e. The third-order valence-corrected chi connectivity index (χ3v) is 2.95. The lowest BCUT2D eigenvalue weighted by molar-refractivity contribution is 0.102. The molecule has 0 radical (unpaired) electrons. The number of nitrogens with zero attached hydrogens (tertiary/aromatic N) is 2. The van der Waals surface area contributed by atoms with Gasteiger partial charge in [0.2, 0.25) is 6.79 Å². The number of hydrogen-bond donors (Lipinski definition) is 1. The first kappa shape index (κ1) is 11.9. The van der Waals surface area contributed by atoms with Gasteiger partial charge in [-0.05, 0) is 24.3 Å². The summed E-state index contributed by atoms with van der Waals surface area (Å²) in [5, 5.41) is 10.1. The van der Waals surface area contributed by atoms with Crippen LogP contribution in [0.15, 0.2) is 34.9 Å². The molecule has 96 valence electrons. The summed E-state index contributed by atoms with van der Waals surface area (Å²) in [6, 6.07) is 6.74. The molecule has 1 aromatic heterocycles. The molecule has 1 aliphatic rings. The molecule has 0 saturated heterocycles. The average molecular weight is 322 g/mol. The second-order valence-electron chi connectivity index (χ2n) is 3.75. The van der Waals surface area contributed by atoms with Crippen LogP contribution in [0.25, 0.3) is 0 Å². The van der Waals surface area contributed by atoms with Crippen molar-refractivity contribution in [3.63, 3.8) is 0 Å². The molecule has 1 amide bonds. The number of fused-ring (bicyclic) bond motifs is 1. The van der Waals surface area contributed by atoms with Gasteiger partial charge >= 0.3 is 0 Å². The van der Waals surface area contributed by atoms with Crippen LogP contribution < -0.4 is 14.8 Å². The van der Waals surface area contributed by atoms with E-state index in [0.29, 0.717) is 17.2 Å². The van der Waals surface area contributed by atoms with Gasteiger partial charge in [0.1, 0.15) is 0 Å². The molecular formula is C12H8BrN3O3. The highest BCUT2D eigenvalue weighted by Crippen LogP contribution is 2.41. The summed E-state index contributed by atoms with van der Waals surface area (Å²) >= 11 is 3.35. The number of halogens is 1. The Bertz CT molecular complexity index is 634. The predicted octanol–water partition coefficient (Wildman–Crippen LogP) is 2.22. The molecule has 0 fully saturated rings. The maximum absolute atomic E-state index is 12.0. The van der Waals surface area contributed by atoms with Crippen LogP contribution in [-0.2, 0) is 0 Å². The second-order valence-corrected chi connectivity index (χ2v) is 4.67. The number of ether oxygens (including phenoxy) is 2. The van der Waals surface area contributed by atoms with E-state index in [-0.39, 0.29) is 18.4 Å². The van der Waals surface area contributed by atoms with Gasteiger partial charge in [0.25, 0.3) is 5.91 Å². The van der Waals surface area contributed by atoms with Crippen molar-refractivity contribution < 1.29 is 14.3 Å². The van der Waals surface area contributed by atoms with Gasteiger partial charge in [-0.15, -0.1) is 5.10 Å². The van der Waals surface area contributed by atoms with Crippen LogP contribution in [0.3, 0.4) is 0 Å². The molecule has 19 heavy (non-hydrogen) atoms. The number of amides is 1. The van der Waals surface area contributed by atoms with E-state index >= 15 is 0 Å². The quantitative estimate of drug-likeness (QED) is 0.918. The van der Waals surface area contributed by atoms with Crippen molar-refractivity contribution in [2.75, 3.05) is 12.1 Å². The molecular weight excluding hydrogens is 314 g/mol. The lowest BCUT2D eigenvalue weighted by Gasteiger charge is -2.08. The fraction of sp³-hybridized carbons (Fsp3) is 0.0833. The Morgan fingerprint density at radius 2 is 2.26 bits per heavy atom. The number of hydrogen-bond acceptors (Lipinski definition) is 5.